The molecule has 0 spiro atoms. The maximum atomic E-state index is 10.5. The summed E-state index contributed by atoms with van der Waals surface area (Å²) in [5.74, 6) is 0.366. The number of carbonyl (C=O) groups is 1. The monoisotopic (exact) mass is 130 g/mol. The second-order valence-electron chi connectivity index (χ2n) is 1.49. The van der Waals surface area contributed by atoms with Gasteiger partial charge in [-0.25, -0.2) is 0 Å². The Morgan fingerprint density at radius 3 is 2.25 bits per heavy atom. The molecule has 0 amide bonds. The largest absolute Gasteiger partial charge is 0.394 e. The van der Waals surface area contributed by atoms with Crippen LogP contribution in [0.4, 0.5) is 0 Å². The van der Waals surface area contributed by atoms with E-state index in [0.29, 0.717) is 10.8 Å². The van der Waals surface area contributed by atoms with Crippen LogP contribution in [0.5, 0.6) is 0 Å². The van der Waals surface area contributed by atoms with E-state index in [1.165, 1.54) is 11.8 Å². The zero-order chi connectivity index (χ0) is 6.15. The molecule has 0 aromatic carbocycles. The van der Waals surface area contributed by atoms with E-state index in [4.69, 9.17) is 11.5 Å². The first-order chi connectivity index (χ1) is 3.72. The van der Waals surface area contributed by atoms with Crippen molar-refractivity contribution in [3.8, 4) is 0 Å². The molecule has 0 atom stereocenters. The van der Waals surface area contributed by atoms with Crippen molar-refractivity contribution < 1.29 is 4.79 Å². The second kappa shape index (κ2) is 1.70. The van der Waals surface area contributed by atoms with Gasteiger partial charge in [0, 0.05) is 0 Å². The summed E-state index contributed by atoms with van der Waals surface area (Å²) in [6.07, 6.45) is 0. The minimum absolute atomic E-state index is 0.0486. The van der Waals surface area contributed by atoms with Gasteiger partial charge in [-0.15, -0.1) is 0 Å². The maximum Gasteiger partial charge on any atom is 0.191 e. The smallest absolute Gasteiger partial charge is 0.191 e. The average Bonchev–Trinajstić information content (AvgIpc) is 1.98. The Morgan fingerprint density at radius 2 is 2.12 bits per heavy atom. The van der Waals surface area contributed by atoms with Gasteiger partial charge in [-0.2, -0.15) is 0 Å². The predicted octanol–water partition coefficient (Wildman–Crippen LogP) is -0.611. The minimum Gasteiger partial charge on any atom is -0.394 e. The van der Waals surface area contributed by atoms with Crippen molar-refractivity contribution in [3.05, 3.63) is 10.7 Å². The summed E-state index contributed by atoms with van der Waals surface area (Å²) in [7, 11) is 0. The number of thioether (sulfide) groups is 1. The van der Waals surface area contributed by atoms with Gasteiger partial charge in [-0.05, 0) is 0 Å². The summed E-state index contributed by atoms with van der Waals surface area (Å²) < 4.78 is 0. The fraction of sp³-hybridized carbons (Fsp3) is 0.250. The van der Waals surface area contributed by atoms with Gasteiger partial charge in [-0.1, -0.05) is 11.8 Å². The van der Waals surface area contributed by atoms with Crippen molar-refractivity contribution in [2.75, 3.05) is 5.75 Å². The van der Waals surface area contributed by atoms with Crippen molar-refractivity contribution >= 4 is 17.5 Å². The van der Waals surface area contributed by atoms with E-state index in [2.05, 4.69) is 0 Å². The third-order valence-corrected chi connectivity index (χ3v) is 1.86. The molecule has 0 saturated carbocycles. The Morgan fingerprint density at radius 1 is 1.50 bits per heavy atom. The third kappa shape index (κ3) is 0.667. The van der Waals surface area contributed by atoms with E-state index in [1.807, 2.05) is 0 Å². The van der Waals surface area contributed by atoms with Crippen molar-refractivity contribution in [1.82, 2.24) is 0 Å². The van der Waals surface area contributed by atoms with Crippen molar-refractivity contribution in [2.45, 2.75) is 0 Å². The molecular weight excluding hydrogens is 124 g/mol. The molecule has 8 heavy (non-hydrogen) atoms. The van der Waals surface area contributed by atoms with E-state index < -0.39 is 0 Å². The van der Waals surface area contributed by atoms with Crippen LogP contribution in [0.15, 0.2) is 10.7 Å². The van der Waals surface area contributed by atoms with E-state index >= 15 is 0 Å². The van der Waals surface area contributed by atoms with Crippen LogP contribution in [0.2, 0.25) is 0 Å². The molecule has 0 saturated heterocycles. The fourth-order valence-electron chi connectivity index (χ4n) is 0.436. The van der Waals surface area contributed by atoms with Crippen molar-refractivity contribution in [1.29, 1.82) is 0 Å². The molecule has 1 aliphatic heterocycles. The van der Waals surface area contributed by atoms with Crippen LogP contribution in [-0.2, 0) is 4.79 Å². The second-order valence-corrected chi connectivity index (χ2v) is 2.51. The third-order valence-electron chi connectivity index (χ3n) is 0.925. The molecule has 0 aliphatic carbocycles. The molecule has 1 aliphatic rings. The quantitative estimate of drug-likeness (QED) is 0.459. The molecule has 0 radical (unpaired) electrons. The highest BCUT2D eigenvalue weighted by Gasteiger charge is 2.17. The van der Waals surface area contributed by atoms with Gasteiger partial charge < -0.3 is 11.5 Å². The number of Topliss-reactive ketones (excluding diaryl/α,β-unsaturated/α-hetero) is 1. The molecule has 4 heteroatoms. The highest BCUT2D eigenvalue weighted by atomic mass is 32.2. The molecule has 44 valence electrons. The van der Waals surface area contributed by atoms with Crippen LogP contribution in [0.1, 0.15) is 0 Å². The molecule has 0 bridgehead atoms. The highest BCUT2D eigenvalue weighted by Crippen LogP contribution is 2.20. The molecule has 1 rings (SSSR count). The SMILES string of the molecule is NC1=C(N)C(=O)CS1. The van der Waals surface area contributed by atoms with Crippen molar-refractivity contribution in [2.24, 2.45) is 11.5 Å². The topological polar surface area (TPSA) is 69.1 Å². The van der Waals surface area contributed by atoms with Crippen LogP contribution in [0, 0.1) is 0 Å². The summed E-state index contributed by atoms with van der Waals surface area (Å²) in [5.41, 5.74) is 10.7. The Kier molecular flexibility index (Phi) is 1.17. The van der Waals surface area contributed by atoms with E-state index in [9.17, 15) is 4.79 Å². The maximum absolute atomic E-state index is 10.5. The predicted molar refractivity (Wildman–Crippen MR) is 32.9 cm³/mol. The Labute approximate surface area is 51.1 Å². The van der Waals surface area contributed by atoms with Gasteiger partial charge in [-0.3, -0.25) is 4.79 Å². The molecular formula is C4H6N2OS. The van der Waals surface area contributed by atoms with Crippen molar-refractivity contribution in [3.63, 3.8) is 0 Å². The first-order valence-corrected chi connectivity index (χ1v) is 3.11. The van der Waals surface area contributed by atoms with Crippen LogP contribution in [-0.4, -0.2) is 11.5 Å². The van der Waals surface area contributed by atoms with Crippen LogP contribution < -0.4 is 11.5 Å². The molecule has 3 nitrogen and oxygen atoms in total. The van der Waals surface area contributed by atoms with E-state index in [0.717, 1.165) is 0 Å². The number of allylic oxidation sites excluding steroid dienone is 1. The molecule has 4 N–H and O–H groups in total. The number of nitrogens with two attached hydrogens (primary N) is 2. The summed E-state index contributed by atoms with van der Waals surface area (Å²) in [5, 5.41) is 0.468. The van der Waals surface area contributed by atoms with Gasteiger partial charge in [0.05, 0.1) is 10.8 Å². The first kappa shape index (κ1) is 5.50. The lowest BCUT2D eigenvalue weighted by Gasteiger charge is -1.86. The zero-order valence-corrected chi connectivity index (χ0v) is 4.99. The number of ketones is 1. The molecule has 1 heterocycles. The molecule has 0 fully saturated rings. The summed E-state index contributed by atoms with van der Waals surface area (Å²) in [6.45, 7) is 0. The normalized spacial score (nSPS) is 20.2. The lowest BCUT2D eigenvalue weighted by molar-refractivity contribution is -0.113. The van der Waals surface area contributed by atoms with Gasteiger partial charge >= 0.3 is 0 Å². The minimum atomic E-state index is -0.0486. The van der Waals surface area contributed by atoms with Crippen LogP contribution >= 0.6 is 11.8 Å². The number of hydrogen-bond donors (Lipinski definition) is 2. The van der Waals surface area contributed by atoms with Gasteiger partial charge in [0.15, 0.2) is 5.78 Å². The van der Waals surface area contributed by atoms with Crippen LogP contribution in [0.25, 0.3) is 0 Å². The highest BCUT2D eigenvalue weighted by molar-refractivity contribution is 8.04. The zero-order valence-electron chi connectivity index (χ0n) is 4.18. The van der Waals surface area contributed by atoms with E-state index in [1.54, 1.807) is 0 Å². The van der Waals surface area contributed by atoms with Crippen LogP contribution in [0.3, 0.4) is 0 Å². The summed E-state index contributed by atoms with van der Waals surface area (Å²) in [6, 6.07) is 0. The molecule has 0 aromatic rings. The molecule has 0 aromatic heterocycles. The van der Waals surface area contributed by atoms with Gasteiger partial charge in [0.2, 0.25) is 0 Å². The number of carbonyl (C=O) groups excluding carboxylic acids is 1. The van der Waals surface area contributed by atoms with Gasteiger partial charge in [0.25, 0.3) is 0 Å². The fourth-order valence-corrected chi connectivity index (χ4v) is 1.15. The lowest BCUT2D eigenvalue weighted by Crippen LogP contribution is -2.10. The van der Waals surface area contributed by atoms with Gasteiger partial charge in [0.1, 0.15) is 5.70 Å². The number of rotatable bonds is 0. The summed E-state index contributed by atoms with van der Waals surface area (Å²) >= 11 is 1.30. The van der Waals surface area contributed by atoms with E-state index in [-0.39, 0.29) is 11.5 Å². The number of hydrogen-bond acceptors (Lipinski definition) is 4. The first-order valence-electron chi connectivity index (χ1n) is 2.13. The molecule has 0 unspecified atom stereocenters. The standard InChI is InChI=1S/C4H6N2OS/c5-3-2(7)1-8-4(3)6/h1,5-6H2. The lowest BCUT2D eigenvalue weighted by atomic mass is 10.3. The Hall–Kier alpha value is -0.640. The average molecular weight is 130 g/mol. The Bertz CT molecular complexity index is 163. The summed E-state index contributed by atoms with van der Waals surface area (Å²) in [4.78, 5) is 10.5. The Balaban J connectivity index is 2.86.